The Bertz CT molecular complexity index is 751. The molecule has 3 rings (SSSR count). The summed E-state index contributed by atoms with van der Waals surface area (Å²) in [5, 5.41) is 11.7. The molecule has 1 saturated heterocycles. The predicted octanol–water partition coefficient (Wildman–Crippen LogP) is 3.24. The molecule has 7 nitrogen and oxygen atoms in total. The fourth-order valence-electron chi connectivity index (χ4n) is 2.93. The zero-order valence-electron chi connectivity index (χ0n) is 15.9. The fraction of sp³-hybridized carbons (Fsp3) is 0.421. The summed E-state index contributed by atoms with van der Waals surface area (Å²) in [5.74, 6) is -0.413. The van der Waals surface area contributed by atoms with Crippen LogP contribution in [0, 0.1) is 0 Å². The quantitative estimate of drug-likeness (QED) is 0.573. The molecule has 0 unspecified atom stereocenters. The van der Waals surface area contributed by atoms with Crippen molar-refractivity contribution < 1.29 is 19.4 Å². The minimum Gasteiger partial charge on any atom is -0.492 e. The third-order valence-electron chi connectivity index (χ3n) is 4.48. The number of hydrogen-bond donors (Lipinski definition) is 1. The van der Waals surface area contributed by atoms with Gasteiger partial charge in [-0.25, -0.2) is 4.98 Å². The Morgan fingerprint density at radius 3 is 2.34 bits per heavy atom. The van der Waals surface area contributed by atoms with Gasteiger partial charge in [-0.05, 0) is 24.3 Å². The number of thiazole rings is 1. The molecule has 0 saturated carbocycles. The number of anilines is 1. The number of halogens is 2. The number of carboxylic acids is 1. The average molecular weight is 462 g/mol. The molecule has 1 N–H and O–H groups in total. The van der Waals surface area contributed by atoms with Crippen molar-refractivity contribution in [3.8, 4) is 5.75 Å². The van der Waals surface area contributed by atoms with Crippen LogP contribution in [-0.4, -0.2) is 66.1 Å². The summed E-state index contributed by atoms with van der Waals surface area (Å²) in [4.78, 5) is 31.4. The second-order valence-electron chi connectivity index (χ2n) is 6.33. The Hall–Kier alpha value is -1.87. The standard InChI is InChI=1S/C19H23N3O4S.2ClH/c23-17(5-6-18(24)25)15-1-3-16(4-2-15)26-13-12-21-8-10-22(11-9-21)19-20-7-14-27-19;;/h1-4,7,14H,5-6,8-13H2,(H,24,25);2*1H. The fourth-order valence-corrected chi connectivity index (χ4v) is 3.63. The summed E-state index contributed by atoms with van der Waals surface area (Å²) < 4.78 is 5.77. The summed E-state index contributed by atoms with van der Waals surface area (Å²) in [6, 6.07) is 6.89. The Morgan fingerprint density at radius 2 is 1.76 bits per heavy atom. The molecule has 1 aromatic carbocycles. The normalized spacial score (nSPS) is 13.9. The number of piperazine rings is 1. The third-order valence-corrected chi connectivity index (χ3v) is 5.31. The van der Waals surface area contributed by atoms with Crippen molar-refractivity contribution in [3.63, 3.8) is 0 Å². The molecule has 29 heavy (non-hydrogen) atoms. The number of Topliss-reactive ketones (excluding diaryl/α,β-unsaturated/α-hetero) is 1. The lowest BCUT2D eigenvalue weighted by Crippen LogP contribution is -2.47. The summed E-state index contributed by atoms with van der Waals surface area (Å²) in [7, 11) is 0. The van der Waals surface area contributed by atoms with E-state index in [1.807, 2.05) is 11.6 Å². The largest absolute Gasteiger partial charge is 0.492 e. The lowest BCUT2D eigenvalue weighted by Gasteiger charge is -2.34. The van der Waals surface area contributed by atoms with Gasteiger partial charge in [-0.1, -0.05) is 0 Å². The van der Waals surface area contributed by atoms with Crippen LogP contribution in [-0.2, 0) is 4.79 Å². The summed E-state index contributed by atoms with van der Waals surface area (Å²) in [5.41, 5.74) is 0.516. The Labute approximate surface area is 186 Å². The van der Waals surface area contributed by atoms with E-state index in [4.69, 9.17) is 9.84 Å². The molecule has 1 fully saturated rings. The van der Waals surface area contributed by atoms with Gasteiger partial charge >= 0.3 is 5.97 Å². The number of carboxylic acid groups (broad SMARTS) is 1. The number of benzene rings is 1. The van der Waals surface area contributed by atoms with E-state index < -0.39 is 5.97 Å². The first kappa shape index (κ1) is 25.2. The molecule has 0 bridgehead atoms. The van der Waals surface area contributed by atoms with Crippen LogP contribution in [0.15, 0.2) is 35.8 Å². The van der Waals surface area contributed by atoms with Crippen LogP contribution in [0.4, 0.5) is 5.13 Å². The topological polar surface area (TPSA) is 83.0 Å². The summed E-state index contributed by atoms with van der Waals surface area (Å²) in [6.07, 6.45) is 1.71. The van der Waals surface area contributed by atoms with Crippen molar-refractivity contribution in [2.45, 2.75) is 12.8 Å². The van der Waals surface area contributed by atoms with Crippen molar-refractivity contribution in [2.24, 2.45) is 0 Å². The number of aromatic nitrogens is 1. The van der Waals surface area contributed by atoms with E-state index >= 15 is 0 Å². The molecule has 1 aliphatic rings. The molecular formula is C19H25Cl2N3O4S. The van der Waals surface area contributed by atoms with E-state index in [0.717, 1.165) is 37.9 Å². The molecule has 0 aliphatic carbocycles. The zero-order chi connectivity index (χ0) is 19.1. The third kappa shape index (κ3) is 7.81. The maximum Gasteiger partial charge on any atom is 0.303 e. The predicted molar refractivity (Wildman–Crippen MR) is 118 cm³/mol. The van der Waals surface area contributed by atoms with Gasteiger partial charge in [-0.15, -0.1) is 36.2 Å². The second-order valence-corrected chi connectivity index (χ2v) is 7.21. The first-order valence-electron chi connectivity index (χ1n) is 8.96. The van der Waals surface area contributed by atoms with Gasteiger partial charge < -0.3 is 14.7 Å². The van der Waals surface area contributed by atoms with Gasteiger partial charge in [0, 0.05) is 56.3 Å². The highest BCUT2D eigenvalue weighted by Gasteiger charge is 2.18. The SMILES string of the molecule is Cl.Cl.O=C(O)CCC(=O)c1ccc(OCCN2CCN(c3nccs3)CC2)cc1. The molecule has 0 amide bonds. The van der Waals surface area contributed by atoms with E-state index in [-0.39, 0.29) is 43.4 Å². The summed E-state index contributed by atoms with van der Waals surface area (Å²) >= 11 is 1.67. The minimum absolute atomic E-state index is 0. The van der Waals surface area contributed by atoms with Crippen molar-refractivity contribution >= 4 is 53.0 Å². The first-order chi connectivity index (χ1) is 13.1. The number of hydrogen-bond acceptors (Lipinski definition) is 7. The Kier molecular flexibility index (Phi) is 11.0. The van der Waals surface area contributed by atoms with Crippen LogP contribution in [0.2, 0.25) is 0 Å². The van der Waals surface area contributed by atoms with Gasteiger partial charge in [-0.3, -0.25) is 14.5 Å². The Balaban J connectivity index is 0.00000210. The van der Waals surface area contributed by atoms with E-state index in [0.29, 0.717) is 17.9 Å². The van der Waals surface area contributed by atoms with Gasteiger partial charge in [0.15, 0.2) is 10.9 Å². The molecular weight excluding hydrogens is 437 g/mol. The second kappa shape index (κ2) is 12.6. The van der Waals surface area contributed by atoms with Gasteiger partial charge in [0.25, 0.3) is 0 Å². The monoisotopic (exact) mass is 461 g/mol. The molecule has 1 aliphatic heterocycles. The number of ether oxygens (including phenoxy) is 1. The highest BCUT2D eigenvalue weighted by Crippen LogP contribution is 2.19. The summed E-state index contributed by atoms with van der Waals surface area (Å²) in [6.45, 7) is 5.36. The number of aliphatic carboxylic acids is 1. The van der Waals surface area contributed by atoms with Crippen LogP contribution in [0.5, 0.6) is 5.75 Å². The molecule has 160 valence electrons. The van der Waals surface area contributed by atoms with Gasteiger partial charge in [0.05, 0.1) is 6.42 Å². The Morgan fingerprint density at radius 1 is 1.07 bits per heavy atom. The van der Waals surface area contributed by atoms with E-state index in [9.17, 15) is 9.59 Å². The molecule has 1 aromatic heterocycles. The highest BCUT2D eigenvalue weighted by atomic mass is 35.5. The smallest absolute Gasteiger partial charge is 0.303 e. The maximum absolute atomic E-state index is 11.9. The van der Waals surface area contributed by atoms with E-state index in [1.54, 1.807) is 35.6 Å². The van der Waals surface area contributed by atoms with Crippen LogP contribution in [0.1, 0.15) is 23.2 Å². The highest BCUT2D eigenvalue weighted by molar-refractivity contribution is 7.13. The van der Waals surface area contributed by atoms with Crippen LogP contribution in [0.3, 0.4) is 0 Å². The van der Waals surface area contributed by atoms with Crippen molar-refractivity contribution in [3.05, 3.63) is 41.4 Å². The van der Waals surface area contributed by atoms with E-state index in [2.05, 4.69) is 14.8 Å². The number of rotatable bonds is 9. The number of nitrogens with zero attached hydrogens (tertiary/aromatic N) is 3. The van der Waals surface area contributed by atoms with Crippen molar-refractivity contribution in [1.82, 2.24) is 9.88 Å². The lowest BCUT2D eigenvalue weighted by molar-refractivity contribution is -0.136. The van der Waals surface area contributed by atoms with Gasteiger partial charge in [-0.2, -0.15) is 0 Å². The molecule has 0 spiro atoms. The average Bonchev–Trinajstić information content (AvgIpc) is 3.22. The van der Waals surface area contributed by atoms with Crippen LogP contribution in [0.25, 0.3) is 0 Å². The van der Waals surface area contributed by atoms with Crippen LogP contribution < -0.4 is 9.64 Å². The molecule has 2 heterocycles. The first-order valence-corrected chi connectivity index (χ1v) is 9.84. The van der Waals surface area contributed by atoms with Gasteiger partial charge in [0.1, 0.15) is 12.4 Å². The zero-order valence-corrected chi connectivity index (χ0v) is 18.3. The maximum atomic E-state index is 11.9. The van der Waals surface area contributed by atoms with Crippen molar-refractivity contribution in [2.75, 3.05) is 44.2 Å². The van der Waals surface area contributed by atoms with Gasteiger partial charge in [0.2, 0.25) is 0 Å². The molecule has 10 heteroatoms. The number of carbonyl (C=O) groups excluding carboxylic acids is 1. The number of ketones is 1. The van der Waals surface area contributed by atoms with Crippen molar-refractivity contribution in [1.29, 1.82) is 0 Å². The molecule has 0 atom stereocenters. The molecule has 2 aromatic rings. The minimum atomic E-state index is -0.962. The number of carbonyl (C=O) groups is 2. The van der Waals surface area contributed by atoms with E-state index in [1.165, 1.54) is 0 Å². The van der Waals surface area contributed by atoms with Crippen LogP contribution >= 0.6 is 36.2 Å². The molecule has 0 radical (unpaired) electrons. The lowest BCUT2D eigenvalue weighted by atomic mass is 10.1.